The van der Waals surface area contributed by atoms with Crippen molar-refractivity contribution in [1.29, 1.82) is 0 Å². The lowest BCUT2D eigenvalue weighted by molar-refractivity contribution is 0.195. The lowest BCUT2D eigenvalue weighted by atomic mass is 9.61. The van der Waals surface area contributed by atoms with Crippen LogP contribution in [0, 0.1) is 0 Å². The van der Waals surface area contributed by atoms with Gasteiger partial charge in [0.05, 0.1) is 5.54 Å². The number of nitrogens with zero attached hydrogens (tertiary/aromatic N) is 2. The Balaban J connectivity index is 1.06. The van der Waals surface area contributed by atoms with Crippen molar-refractivity contribution in [2.75, 3.05) is 9.80 Å². The molecule has 7 aromatic rings. The highest BCUT2D eigenvalue weighted by atomic mass is 15.3. The van der Waals surface area contributed by atoms with Crippen LogP contribution in [0.2, 0.25) is 0 Å². The molecule has 270 valence electrons. The summed E-state index contributed by atoms with van der Waals surface area (Å²) in [6.45, 7) is 9.89. The Labute approximate surface area is 326 Å². The number of rotatable bonds is 6. The summed E-state index contributed by atoms with van der Waals surface area (Å²) in [5.74, 6) is 0. The molecule has 0 N–H and O–H groups in total. The summed E-state index contributed by atoms with van der Waals surface area (Å²) in [7, 11) is 0. The van der Waals surface area contributed by atoms with Crippen LogP contribution < -0.4 is 9.80 Å². The summed E-state index contributed by atoms with van der Waals surface area (Å²) in [5.41, 5.74) is 18.0. The molecule has 2 unspecified atom stereocenters. The molecule has 2 nitrogen and oxygen atoms in total. The highest BCUT2D eigenvalue weighted by Gasteiger charge is 2.57. The van der Waals surface area contributed by atoms with Crippen molar-refractivity contribution in [3.63, 3.8) is 0 Å². The van der Waals surface area contributed by atoms with Gasteiger partial charge < -0.3 is 9.80 Å². The SMILES string of the molecule is CC1(C)c2cc(N(c3ccc(-c4ccccc4)cc3)c3ccc(-c4ccccc4)cc3)ccc2-c2ccc(N3c4ccccc4C4(C)CCCCC34C)cc21. The van der Waals surface area contributed by atoms with E-state index in [1.54, 1.807) is 0 Å². The fourth-order valence-electron chi connectivity index (χ4n) is 10.4. The summed E-state index contributed by atoms with van der Waals surface area (Å²) in [6.07, 6.45) is 5.02. The summed E-state index contributed by atoms with van der Waals surface area (Å²) < 4.78 is 0. The molecule has 0 aromatic heterocycles. The van der Waals surface area contributed by atoms with Crippen molar-refractivity contribution in [3.8, 4) is 33.4 Å². The first-order valence-corrected chi connectivity index (χ1v) is 20.1. The zero-order valence-electron chi connectivity index (χ0n) is 32.4. The lowest BCUT2D eigenvalue weighted by Crippen LogP contribution is -2.54. The largest absolute Gasteiger partial charge is 0.334 e. The van der Waals surface area contributed by atoms with Crippen LogP contribution in [0.5, 0.6) is 0 Å². The van der Waals surface area contributed by atoms with Crippen LogP contribution in [-0.4, -0.2) is 5.54 Å². The lowest BCUT2D eigenvalue weighted by Gasteiger charge is -2.50. The van der Waals surface area contributed by atoms with E-state index in [-0.39, 0.29) is 16.4 Å². The molecule has 1 heterocycles. The molecule has 2 aliphatic carbocycles. The van der Waals surface area contributed by atoms with Crippen molar-refractivity contribution < 1.29 is 0 Å². The number of hydrogen-bond acceptors (Lipinski definition) is 2. The zero-order valence-corrected chi connectivity index (χ0v) is 32.4. The number of fused-ring (bicyclic) bond motifs is 6. The molecule has 1 saturated carbocycles. The van der Waals surface area contributed by atoms with Crippen LogP contribution in [0.3, 0.4) is 0 Å². The Bertz CT molecular complexity index is 2450. The minimum Gasteiger partial charge on any atom is -0.334 e. The fraction of sp³-hybridized carbons (Fsp3) is 0.208. The molecule has 0 bridgehead atoms. The van der Waals surface area contributed by atoms with Gasteiger partial charge in [0.1, 0.15) is 0 Å². The van der Waals surface area contributed by atoms with E-state index in [1.165, 1.54) is 92.8 Å². The van der Waals surface area contributed by atoms with Crippen LogP contribution in [0.4, 0.5) is 28.4 Å². The number of anilines is 5. The summed E-state index contributed by atoms with van der Waals surface area (Å²) >= 11 is 0. The van der Waals surface area contributed by atoms with Gasteiger partial charge in [-0.2, -0.15) is 0 Å². The van der Waals surface area contributed by atoms with Crippen LogP contribution in [0.25, 0.3) is 33.4 Å². The van der Waals surface area contributed by atoms with Crippen molar-refractivity contribution in [2.24, 2.45) is 0 Å². The van der Waals surface area contributed by atoms with E-state index in [2.05, 4.69) is 207 Å². The first-order chi connectivity index (χ1) is 26.8. The molecule has 1 fully saturated rings. The van der Waals surface area contributed by atoms with Crippen molar-refractivity contribution in [1.82, 2.24) is 0 Å². The van der Waals surface area contributed by atoms with E-state index in [9.17, 15) is 0 Å². The third kappa shape index (κ3) is 5.14. The number of hydrogen-bond donors (Lipinski definition) is 0. The second-order valence-electron chi connectivity index (χ2n) is 16.9. The van der Waals surface area contributed by atoms with E-state index < -0.39 is 0 Å². The molecule has 3 aliphatic rings. The summed E-state index contributed by atoms with van der Waals surface area (Å²) in [6, 6.07) is 63.0. The van der Waals surface area contributed by atoms with Gasteiger partial charge in [-0.1, -0.05) is 149 Å². The molecular weight excluding hydrogens is 665 g/mol. The summed E-state index contributed by atoms with van der Waals surface area (Å²) in [5, 5.41) is 0. The normalized spacial score (nSPS) is 20.3. The molecule has 2 heteroatoms. The molecule has 0 amide bonds. The molecule has 0 spiro atoms. The monoisotopic (exact) mass is 712 g/mol. The average molecular weight is 713 g/mol. The molecule has 1 aliphatic heterocycles. The van der Waals surface area contributed by atoms with Crippen LogP contribution in [0.15, 0.2) is 170 Å². The van der Waals surface area contributed by atoms with Gasteiger partial charge >= 0.3 is 0 Å². The molecule has 7 aromatic carbocycles. The molecule has 55 heavy (non-hydrogen) atoms. The molecule has 2 atom stereocenters. The van der Waals surface area contributed by atoms with E-state index in [0.29, 0.717) is 0 Å². The Morgan fingerprint density at radius 3 is 1.55 bits per heavy atom. The zero-order chi connectivity index (χ0) is 37.4. The molecule has 10 rings (SSSR count). The van der Waals surface area contributed by atoms with Crippen LogP contribution in [-0.2, 0) is 10.8 Å². The van der Waals surface area contributed by atoms with E-state index in [1.807, 2.05) is 0 Å². The third-order valence-corrected chi connectivity index (χ3v) is 13.6. The van der Waals surface area contributed by atoms with Gasteiger partial charge in [-0.15, -0.1) is 0 Å². The highest BCUT2D eigenvalue weighted by molar-refractivity contribution is 5.88. The third-order valence-electron chi connectivity index (χ3n) is 13.6. The van der Waals surface area contributed by atoms with Gasteiger partial charge in [-0.05, 0) is 124 Å². The number of benzene rings is 7. The van der Waals surface area contributed by atoms with Gasteiger partial charge in [0.2, 0.25) is 0 Å². The van der Waals surface area contributed by atoms with E-state index in [0.717, 1.165) is 11.4 Å². The second-order valence-corrected chi connectivity index (χ2v) is 16.9. The highest BCUT2D eigenvalue weighted by Crippen LogP contribution is 2.61. The standard InChI is InChI=1S/C53H48N2/c1-51(2)48-35-43(54(41-25-21-39(22-26-41)37-15-7-5-8-16-37)42-27-23-40(24-28-42)38-17-9-6-10-18-38)29-31-45(48)46-32-30-44(36-49(46)51)55-50-20-12-11-19-47(50)52(3)33-13-14-34-53(52,55)4/h5-12,15-32,35-36H,13-14,33-34H2,1-4H3. The van der Waals surface area contributed by atoms with Gasteiger partial charge in [0.25, 0.3) is 0 Å². The number of para-hydroxylation sites is 1. The molecule has 0 radical (unpaired) electrons. The first-order valence-electron chi connectivity index (χ1n) is 20.1. The minimum absolute atomic E-state index is 0.0402. The van der Waals surface area contributed by atoms with Crippen LogP contribution >= 0.6 is 0 Å². The minimum atomic E-state index is -0.174. The Kier molecular flexibility index (Phi) is 7.72. The fourth-order valence-corrected chi connectivity index (χ4v) is 10.4. The van der Waals surface area contributed by atoms with E-state index in [4.69, 9.17) is 0 Å². The average Bonchev–Trinajstić information content (AvgIpc) is 3.58. The predicted octanol–water partition coefficient (Wildman–Crippen LogP) is 14.5. The maximum absolute atomic E-state index is 2.71. The van der Waals surface area contributed by atoms with Crippen LogP contribution in [0.1, 0.15) is 70.1 Å². The second kappa shape index (κ2) is 12.6. The first kappa shape index (κ1) is 33.7. The van der Waals surface area contributed by atoms with Crippen molar-refractivity contribution in [2.45, 2.75) is 69.7 Å². The van der Waals surface area contributed by atoms with Gasteiger partial charge in [-0.3, -0.25) is 0 Å². The maximum Gasteiger partial charge on any atom is 0.0517 e. The Hall–Kier alpha value is -5.86. The van der Waals surface area contributed by atoms with Gasteiger partial charge in [0, 0.05) is 39.3 Å². The van der Waals surface area contributed by atoms with Gasteiger partial charge in [0.15, 0.2) is 0 Å². The Morgan fingerprint density at radius 1 is 0.436 bits per heavy atom. The van der Waals surface area contributed by atoms with E-state index >= 15 is 0 Å². The Morgan fingerprint density at radius 2 is 0.927 bits per heavy atom. The topological polar surface area (TPSA) is 6.48 Å². The van der Waals surface area contributed by atoms with Crippen molar-refractivity contribution in [3.05, 3.63) is 187 Å². The molecule has 0 saturated heterocycles. The molecular formula is C53H48N2. The maximum atomic E-state index is 2.71. The van der Waals surface area contributed by atoms with Gasteiger partial charge in [-0.25, -0.2) is 0 Å². The summed E-state index contributed by atoms with van der Waals surface area (Å²) in [4.78, 5) is 5.13. The predicted molar refractivity (Wildman–Crippen MR) is 232 cm³/mol. The smallest absolute Gasteiger partial charge is 0.0517 e. The quantitative estimate of drug-likeness (QED) is 0.169. The van der Waals surface area contributed by atoms with Crippen molar-refractivity contribution >= 4 is 28.4 Å².